The molecule has 0 saturated heterocycles. The molecule has 1 aromatic rings. The molecule has 2 amide bonds. The van der Waals surface area contributed by atoms with Gasteiger partial charge in [0.2, 0.25) is 5.91 Å². The summed E-state index contributed by atoms with van der Waals surface area (Å²) in [5.74, 6) is 0.320. The van der Waals surface area contributed by atoms with E-state index >= 15 is 0 Å². The Morgan fingerprint density at radius 2 is 1.54 bits per heavy atom. The largest absolute Gasteiger partial charge is 0.461 e. The van der Waals surface area contributed by atoms with E-state index in [2.05, 4.69) is 58.8 Å². The minimum Gasteiger partial charge on any atom is -0.461 e. The number of amides is 2. The first-order chi connectivity index (χ1) is 29.3. The van der Waals surface area contributed by atoms with Gasteiger partial charge in [0.15, 0.2) is 5.78 Å². The molecule has 1 spiro atoms. The van der Waals surface area contributed by atoms with Crippen molar-refractivity contribution in [3.8, 4) is 0 Å². The summed E-state index contributed by atoms with van der Waals surface area (Å²) in [4.78, 5) is 67.1. The lowest BCUT2D eigenvalue weighted by molar-refractivity contribution is -0.191. The third-order valence-electron chi connectivity index (χ3n) is 18.4. The lowest BCUT2D eigenvalue weighted by atomic mass is 9.43. The number of ether oxygens (including phenoxy) is 3. The third-order valence-corrected chi connectivity index (χ3v) is 18.4. The SMILES string of the molecule is C=C1[C@H](C(=O)OCc2ccccc2)C[C@@H]1C(=O)O[C@H]1CC[C@]2(C)[C@H]3CC[C@@H]4C5=C(C(C)C)C(=O)C[C@]5(CCNC(=O)C(C)(C)NC(=O)OC(C)(C)C)CC[C@]45C(C[C@H]2C1(C)C)[C@]35C. The Balaban J connectivity index is 0.960. The highest BCUT2D eigenvalue weighted by Gasteiger charge is 2.86. The van der Waals surface area contributed by atoms with Gasteiger partial charge in [0.05, 0.1) is 11.8 Å². The number of hydrogen-bond acceptors (Lipinski definition) is 8. The van der Waals surface area contributed by atoms with Gasteiger partial charge in [-0.25, -0.2) is 4.79 Å². The summed E-state index contributed by atoms with van der Waals surface area (Å²) in [5.41, 5.74) is 1.97. The minimum absolute atomic E-state index is 0.0967. The summed E-state index contributed by atoms with van der Waals surface area (Å²) in [6.45, 7) is 27.7. The Hall–Kier alpha value is -3.95. The van der Waals surface area contributed by atoms with Crippen LogP contribution in [0.1, 0.15) is 146 Å². The normalized spacial score (nSPS) is 37.4. The van der Waals surface area contributed by atoms with Crippen LogP contribution in [0.25, 0.3) is 0 Å². The van der Waals surface area contributed by atoms with E-state index in [4.69, 9.17) is 14.2 Å². The van der Waals surface area contributed by atoms with Crippen LogP contribution >= 0.6 is 0 Å². The standard InChI is InChI=1S/C53H74N2O8/c1-30(2)41-36(56)28-52(24-25-54-45(59)49(9,10)55-46(60)63-47(4,5)6)22-23-53-35(42(41)52)18-19-37-50(11)21-20-40(48(7,8)38(50)27-39(53)51(37,53)12)62-44(58)34-26-33(31(34)3)43(57)61-29-32-16-14-13-15-17-32/h13-17,30,33-35,37-40H,3,18-29H2,1-2,4-12H3,(H,54,59)(H,55,60)/t33-,34+,35-,37-,38+,39?,40+,50-,51+,52-,53-/m1/s1. The Morgan fingerprint density at radius 3 is 2.19 bits per heavy atom. The molecule has 10 heteroatoms. The molecule has 1 unspecified atom stereocenters. The highest BCUT2D eigenvalue weighted by molar-refractivity contribution is 6.00. The quantitative estimate of drug-likeness (QED) is 0.128. The molecule has 0 bridgehead atoms. The number of ketones is 1. The molecular weight excluding hydrogens is 793 g/mol. The van der Waals surface area contributed by atoms with Crippen LogP contribution in [0.4, 0.5) is 4.79 Å². The van der Waals surface area contributed by atoms with Crippen LogP contribution in [0.15, 0.2) is 53.6 Å². The maximum Gasteiger partial charge on any atom is 0.408 e. The van der Waals surface area contributed by atoms with Gasteiger partial charge in [-0.15, -0.1) is 0 Å². The zero-order chi connectivity index (χ0) is 45.9. The molecule has 0 aromatic heterocycles. The zero-order valence-electron chi connectivity index (χ0n) is 40.0. The molecule has 344 valence electrons. The predicted octanol–water partition coefficient (Wildman–Crippen LogP) is 9.84. The average molecular weight is 867 g/mol. The fraction of sp³-hybridized carbons (Fsp3) is 0.717. The van der Waals surface area contributed by atoms with Gasteiger partial charge in [-0.3, -0.25) is 19.2 Å². The van der Waals surface area contributed by atoms with E-state index in [1.165, 1.54) is 5.57 Å². The van der Waals surface area contributed by atoms with Crippen molar-refractivity contribution in [3.05, 3.63) is 59.2 Å². The van der Waals surface area contributed by atoms with Gasteiger partial charge in [-0.2, -0.15) is 0 Å². The van der Waals surface area contributed by atoms with Gasteiger partial charge in [0, 0.05) is 23.8 Å². The van der Waals surface area contributed by atoms with Gasteiger partial charge >= 0.3 is 18.0 Å². The Kier molecular flexibility index (Phi) is 11.1. The van der Waals surface area contributed by atoms with Gasteiger partial charge in [-0.1, -0.05) is 84.0 Å². The van der Waals surface area contributed by atoms with Crippen molar-refractivity contribution in [2.24, 2.45) is 68.5 Å². The smallest absolute Gasteiger partial charge is 0.408 e. The van der Waals surface area contributed by atoms with Crippen molar-refractivity contribution in [1.29, 1.82) is 0 Å². The molecule has 0 heterocycles. The molecule has 10 nitrogen and oxygen atoms in total. The minimum atomic E-state index is -1.17. The fourth-order valence-electron chi connectivity index (χ4n) is 15.5. The summed E-state index contributed by atoms with van der Waals surface area (Å²) >= 11 is 0. The Labute approximate surface area is 375 Å². The van der Waals surface area contributed by atoms with Gasteiger partial charge < -0.3 is 24.8 Å². The summed E-state index contributed by atoms with van der Waals surface area (Å²) in [5, 5.41) is 5.87. The number of rotatable bonds is 11. The highest BCUT2D eigenvalue weighted by atomic mass is 16.6. The Morgan fingerprint density at radius 1 is 0.857 bits per heavy atom. The van der Waals surface area contributed by atoms with Crippen molar-refractivity contribution < 1.29 is 38.2 Å². The molecule has 6 fully saturated rings. The molecule has 11 atom stereocenters. The van der Waals surface area contributed by atoms with E-state index in [-0.39, 0.29) is 69.3 Å². The van der Waals surface area contributed by atoms with Crippen molar-refractivity contribution in [2.75, 3.05) is 6.54 Å². The first kappa shape index (κ1) is 45.6. The van der Waals surface area contributed by atoms with Crippen molar-refractivity contribution >= 4 is 29.7 Å². The van der Waals surface area contributed by atoms with Crippen LogP contribution in [-0.2, 0) is 40.0 Å². The van der Waals surface area contributed by atoms with Crippen LogP contribution in [0, 0.1) is 68.5 Å². The molecule has 7 aliphatic rings. The number of hydrogen-bond donors (Lipinski definition) is 2. The van der Waals surface area contributed by atoms with E-state index in [9.17, 15) is 24.0 Å². The van der Waals surface area contributed by atoms with E-state index in [1.54, 1.807) is 34.6 Å². The van der Waals surface area contributed by atoms with Crippen LogP contribution in [0.2, 0.25) is 0 Å². The summed E-state index contributed by atoms with van der Waals surface area (Å²) in [6.07, 6.45) is 7.85. The first-order valence-electron chi connectivity index (χ1n) is 24.0. The lowest BCUT2D eigenvalue weighted by Crippen LogP contribution is -2.58. The second-order valence-electron chi connectivity index (χ2n) is 23.8. The van der Waals surface area contributed by atoms with Gasteiger partial charge in [0.25, 0.3) is 0 Å². The second-order valence-corrected chi connectivity index (χ2v) is 23.8. The topological polar surface area (TPSA) is 137 Å². The summed E-state index contributed by atoms with van der Waals surface area (Å²) < 4.78 is 17.5. The number of allylic oxidation sites excluding steroid dienone is 2. The van der Waals surface area contributed by atoms with Crippen LogP contribution in [-0.4, -0.2) is 53.5 Å². The predicted molar refractivity (Wildman–Crippen MR) is 241 cm³/mol. The number of fused-ring (bicyclic) bond motifs is 4. The molecule has 0 aliphatic heterocycles. The average Bonchev–Trinajstić information content (AvgIpc) is 3.56. The number of benzene rings is 1. The van der Waals surface area contributed by atoms with Crippen LogP contribution < -0.4 is 10.6 Å². The first-order valence-corrected chi connectivity index (χ1v) is 24.0. The number of carbonyl (C=O) groups is 5. The van der Waals surface area contributed by atoms with Crippen LogP contribution in [0.5, 0.6) is 0 Å². The number of carbonyl (C=O) groups excluding carboxylic acids is 5. The molecule has 63 heavy (non-hydrogen) atoms. The van der Waals surface area contributed by atoms with E-state index in [1.807, 2.05) is 30.3 Å². The third kappa shape index (κ3) is 7.12. The van der Waals surface area contributed by atoms with Crippen LogP contribution in [0.3, 0.4) is 0 Å². The number of esters is 2. The maximum atomic E-state index is 14.2. The summed E-state index contributed by atoms with van der Waals surface area (Å²) in [6, 6.07) is 9.59. The Bertz CT molecular complexity index is 2110. The molecule has 7 aliphatic carbocycles. The monoisotopic (exact) mass is 867 g/mol. The second kappa shape index (κ2) is 15.3. The molecule has 6 saturated carbocycles. The van der Waals surface area contributed by atoms with E-state index in [0.29, 0.717) is 55.1 Å². The highest BCUT2D eigenvalue weighted by Crippen LogP contribution is 2.91. The van der Waals surface area contributed by atoms with Crippen molar-refractivity contribution in [1.82, 2.24) is 10.6 Å². The van der Waals surface area contributed by atoms with Gasteiger partial charge in [0.1, 0.15) is 23.9 Å². The maximum absolute atomic E-state index is 14.2. The lowest BCUT2D eigenvalue weighted by Gasteiger charge is -2.62. The van der Waals surface area contributed by atoms with Crippen molar-refractivity contribution in [3.63, 3.8) is 0 Å². The van der Waals surface area contributed by atoms with E-state index in [0.717, 1.165) is 56.1 Å². The number of nitrogens with one attached hydrogen (secondary N) is 2. The molecular formula is C53H74N2O8. The molecule has 2 N–H and O–H groups in total. The molecule has 8 rings (SSSR count). The van der Waals surface area contributed by atoms with Gasteiger partial charge in [-0.05, 0) is 155 Å². The number of Topliss-reactive ketones (excluding diaryl/α,β-unsaturated/α-hetero) is 1. The molecule has 1 aromatic carbocycles. The summed E-state index contributed by atoms with van der Waals surface area (Å²) in [7, 11) is 0. The number of alkyl carbamates (subject to hydrolysis) is 1. The zero-order valence-corrected chi connectivity index (χ0v) is 40.0. The fourth-order valence-corrected chi connectivity index (χ4v) is 15.5. The van der Waals surface area contributed by atoms with Crippen molar-refractivity contribution in [2.45, 2.75) is 164 Å². The van der Waals surface area contributed by atoms with E-state index < -0.39 is 29.1 Å². The molecule has 0 radical (unpaired) electrons.